The molecule has 1 N–H and O–H groups in total. The normalized spacial score (nSPS) is 18.1. The number of ether oxygens (including phenoxy) is 1. The number of carbonyl (C=O) groups is 1. The quantitative estimate of drug-likeness (QED) is 0.913. The summed E-state index contributed by atoms with van der Waals surface area (Å²) in [6, 6.07) is 9.69. The van der Waals surface area contributed by atoms with Crippen LogP contribution in [-0.4, -0.2) is 26.6 Å². The Balaban J connectivity index is 1.79. The molecule has 116 valence electrons. The molecule has 0 amide bonds. The van der Waals surface area contributed by atoms with E-state index in [1.54, 1.807) is 16.4 Å². The molecule has 0 radical (unpaired) electrons. The molecule has 0 bridgehead atoms. The Hall–Kier alpha value is -1.95. The Bertz CT molecular complexity index is 636. The number of thioether (sulfide) groups is 1. The van der Waals surface area contributed by atoms with Crippen molar-refractivity contribution in [3.63, 3.8) is 0 Å². The van der Waals surface area contributed by atoms with Gasteiger partial charge in [-0.3, -0.25) is 0 Å². The number of hydrogen-bond acceptors (Lipinski definition) is 4. The van der Waals surface area contributed by atoms with E-state index in [4.69, 9.17) is 4.74 Å². The summed E-state index contributed by atoms with van der Waals surface area (Å²) >= 11 is 1.76. The molecule has 1 aromatic heterocycles. The summed E-state index contributed by atoms with van der Waals surface area (Å²) in [5.41, 5.74) is 1.15. The molecule has 1 aromatic carbocycles. The Kier molecular flexibility index (Phi) is 4.68. The summed E-state index contributed by atoms with van der Waals surface area (Å²) in [5, 5.41) is 13.9. The van der Waals surface area contributed by atoms with E-state index >= 15 is 0 Å². The first kappa shape index (κ1) is 15.0. The van der Waals surface area contributed by atoms with Crippen molar-refractivity contribution in [1.82, 2.24) is 9.78 Å². The lowest BCUT2D eigenvalue weighted by molar-refractivity contribution is 0.0677. The standard InChI is InChI=1S/C16H18N2O3S/c19-16(20)15-13(21-11-12-6-2-1-3-7-12)10-17-18(15)14-8-4-5-9-22-14/h1-3,6-7,10,14H,4-5,8-9,11H2,(H,19,20). The highest BCUT2D eigenvalue weighted by Gasteiger charge is 2.26. The summed E-state index contributed by atoms with van der Waals surface area (Å²) in [7, 11) is 0. The monoisotopic (exact) mass is 318 g/mol. The van der Waals surface area contributed by atoms with Gasteiger partial charge in [-0.2, -0.15) is 5.10 Å². The third-order valence-electron chi connectivity index (χ3n) is 3.63. The van der Waals surface area contributed by atoms with Gasteiger partial charge < -0.3 is 9.84 Å². The van der Waals surface area contributed by atoms with Gasteiger partial charge in [-0.15, -0.1) is 11.8 Å². The average Bonchev–Trinajstić information content (AvgIpc) is 2.99. The molecule has 1 saturated heterocycles. The molecule has 2 aromatic rings. The fraction of sp³-hybridized carbons (Fsp3) is 0.375. The van der Waals surface area contributed by atoms with Crippen LogP contribution in [0.5, 0.6) is 5.75 Å². The molecule has 1 atom stereocenters. The Morgan fingerprint density at radius 3 is 2.86 bits per heavy atom. The number of aromatic carboxylic acids is 1. The molecule has 5 nitrogen and oxygen atoms in total. The van der Waals surface area contributed by atoms with Gasteiger partial charge in [0.1, 0.15) is 6.61 Å². The summed E-state index contributed by atoms with van der Waals surface area (Å²) in [4.78, 5) is 11.6. The van der Waals surface area contributed by atoms with Crippen LogP contribution < -0.4 is 4.74 Å². The molecule has 0 spiro atoms. The van der Waals surface area contributed by atoms with Crippen LogP contribution in [0.2, 0.25) is 0 Å². The molecule has 0 saturated carbocycles. The smallest absolute Gasteiger partial charge is 0.358 e. The van der Waals surface area contributed by atoms with Crippen LogP contribution in [-0.2, 0) is 6.61 Å². The molecule has 6 heteroatoms. The number of nitrogens with zero attached hydrogens (tertiary/aromatic N) is 2. The zero-order valence-electron chi connectivity index (χ0n) is 12.1. The zero-order valence-corrected chi connectivity index (χ0v) is 13.0. The summed E-state index contributed by atoms with van der Waals surface area (Å²) in [6.45, 7) is 0.338. The van der Waals surface area contributed by atoms with Gasteiger partial charge in [-0.1, -0.05) is 30.3 Å². The van der Waals surface area contributed by atoms with Crippen LogP contribution in [0.3, 0.4) is 0 Å². The van der Waals surface area contributed by atoms with Crippen molar-refractivity contribution in [1.29, 1.82) is 0 Å². The third kappa shape index (κ3) is 3.27. The topological polar surface area (TPSA) is 64.3 Å². The van der Waals surface area contributed by atoms with E-state index in [2.05, 4.69) is 5.10 Å². The molecular weight excluding hydrogens is 300 g/mol. The second kappa shape index (κ2) is 6.87. The lowest BCUT2D eigenvalue weighted by Gasteiger charge is -2.22. The van der Waals surface area contributed by atoms with Gasteiger partial charge in [0.05, 0.1) is 11.6 Å². The first-order valence-corrected chi connectivity index (χ1v) is 8.39. The van der Waals surface area contributed by atoms with E-state index in [9.17, 15) is 9.90 Å². The lowest BCUT2D eigenvalue weighted by Crippen LogP contribution is -2.17. The van der Waals surface area contributed by atoms with Gasteiger partial charge in [-0.25, -0.2) is 9.48 Å². The summed E-state index contributed by atoms with van der Waals surface area (Å²) < 4.78 is 7.29. The largest absolute Gasteiger partial charge is 0.485 e. The van der Waals surface area contributed by atoms with Crippen molar-refractivity contribution >= 4 is 17.7 Å². The maximum absolute atomic E-state index is 11.6. The van der Waals surface area contributed by atoms with Gasteiger partial charge in [0.2, 0.25) is 0 Å². The summed E-state index contributed by atoms with van der Waals surface area (Å²) in [6.07, 6.45) is 4.76. The SMILES string of the molecule is O=C(O)c1c(OCc2ccccc2)cnn1C1CCCCS1. The fourth-order valence-electron chi connectivity index (χ4n) is 2.53. The van der Waals surface area contributed by atoms with Crippen LogP contribution in [0.25, 0.3) is 0 Å². The Morgan fingerprint density at radius 1 is 1.36 bits per heavy atom. The number of carboxylic acids is 1. The predicted molar refractivity (Wildman–Crippen MR) is 85.3 cm³/mol. The van der Waals surface area contributed by atoms with Crippen LogP contribution in [0.4, 0.5) is 0 Å². The van der Waals surface area contributed by atoms with Crippen molar-refractivity contribution in [3.8, 4) is 5.75 Å². The van der Waals surface area contributed by atoms with Crippen LogP contribution in [0.1, 0.15) is 40.7 Å². The third-order valence-corrected chi connectivity index (χ3v) is 4.97. The van der Waals surface area contributed by atoms with E-state index in [-0.39, 0.29) is 11.1 Å². The molecule has 0 aliphatic carbocycles. The van der Waals surface area contributed by atoms with Crippen molar-refractivity contribution in [3.05, 3.63) is 47.8 Å². The maximum atomic E-state index is 11.6. The number of rotatable bonds is 5. The molecule has 1 fully saturated rings. The van der Waals surface area contributed by atoms with E-state index in [0.29, 0.717) is 12.4 Å². The zero-order chi connectivity index (χ0) is 15.4. The molecular formula is C16H18N2O3S. The van der Waals surface area contributed by atoms with E-state index < -0.39 is 5.97 Å². The molecule has 1 unspecified atom stereocenters. The first-order valence-electron chi connectivity index (χ1n) is 7.35. The van der Waals surface area contributed by atoms with Gasteiger partial charge >= 0.3 is 5.97 Å². The molecule has 3 rings (SSSR count). The number of hydrogen-bond donors (Lipinski definition) is 1. The molecule has 1 aliphatic heterocycles. The number of carboxylic acid groups (broad SMARTS) is 1. The minimum atomic E-state index is -0.994. The highest BCUT2D eigenvalue weighted by molar-refractivity contribution is 7.99. The molecule has 2 heterocycles. The van der Waals surface area contributed by atoms with Gasteiger partial charge in [0.15, 0.2) is 11.4 Å². The van der Waals surface area contributed by atoms with Crippen molar-refractivity contribution < 1.29 is 14.6 Å². The van der Waals surface area contributed by atoms with Crippen molar-refractivity contribution in [2.75, 3.05) is 5.75 Å². The van der Waals surface area contributed by atoms with Gasteiger partial charge in [0, 0.05) is 0 Å². The number of benzene rings is 1. The van der Waals surface area contributed by atoms with Crippen molar-refractivity contribution in [2.45, 2.75) is 31.2 Å². The maximum Gasteiger partial charge on any atom is 0.358 e. The highest BCUT2D eigenvalue weighted by Crippen LogP contribution is 2.36. The highest BCUT2D eigenvalue weighted by atomic mass is 32.2. The molecule has 22 heavy (non-hydrogen) atoms. The summed E-state index contributed by atoms with van der Waals surface area (Å²) in [5.74, 6) is 0.387. The second-order valence-electron chi connectivity index (χ2n) is 5.20. The first-order chi connectivity index (χ1) is 10.8. The van der Waals surface area contributed by atoms with E-state index in [0.717, 1.165) is 24.2 Å². The predicted octanol–water partition coefficient (Wildman–Crippen LogP) is 3.58. The average molecular weight is 318 g/mol. The molecule has 1 aliphatic rings. The minimum Gasteiger partial charge on any atom is -0.485 e. The number of aromatic nitrogens is 2. The lowest BCUT2D eigenvalue weighted by atomic mass is 10.2. The van der Waals surface area contributed by atoms with Crippen LogP contribution >= 0.6 is 11.8 Å². The minimum absolute atomic E-state index is 0.0916. The van der Waals surface area contributed by atoms with Crippen LogP contribution in [0, 0.1) is 0 Å². The Morgan fingerprint density at radius 2 is 2.18 bits per heavy atom. The second-order valence-corrected chi connectivity index (χ2v) is 6.49. The van der Waals surface area contributed by atoms with E-state index in [1.807, 2.05) is 30.3 Å². The Labute approximate surface area is 133 Å². The van der Waals surface area contributed by atoms with Gasteiger partial charge in [0.25, 0.3) is 0 Å². The van der Waals surface area contributed by atoms with Gasteiger partial charge in [-0.05, 0) is 30.6 Å². The fourth-order valence-corrected chi connectivity index (χ4v) is 3.80. The van der Waals surface area contributed by atoms with Crippen LogP contribution in [0.15, 0.2) is 36.5 Å². The van der Waals surface area contributed by atoms with E-state index in [1.165, 1.54) is 12.6 Å². The van der Waals surface area contributed by atoms with Crippen molar-refractivity contribution in [2.24, 2.45) is 0 Å².